The fraction of sp³-hybridized carbons (Fsp3) is 0.360. The molecule has 4 rings (SSSR count). The van der Waals surface area contributed by atoms with Gasteiger partial charge in [0.05, 0.1) is 4.92 Å². The van der Waals surface area contributed by atoms with Crippen molar-refractivity contribution in [2.75, 3.05) is 4.90 Å². The molecule has 0 saturated heterocycles. The Bertz CT molecular complexity index is 1110. The monoisotopic (exact) mass is 418 g/mol. The molecule has 160 valence electrons. The van der Waals surface area contributed by atoms with Crippen molar-refractivity contribution in [3.63, 3.8) is 0 Å². The average molecular weight is 418 g/mol. The number of amides is 1. The molecule has 0 fully saturated rings. The van der Waals surface area contributed by atoms with Gasteiger partial charge < -0.3 is 0 Å². The fourth-order valence-electron chi connectivity index (χ4n) is 4.91. The van der Waals surface area contributed by atoms with E-state index in [4.69, 9.17) is 0 Å². The highest BCUT2D eigenvalue weighted by atomic mass is 16.6. The summed E-state index contributed by atoms with van der Waals surface area (Å²) in [7, 11) is 0. The smallest absolute Gasteiger partial charge is 0.269 e. The normalized spacial score (nSPS) is 20.6. The number of benzene rings is 2. The first-order valence-electron chi connectivity index (χ1n) is 10.5. The number of hydrogen-bond donors (Lipinski definition) is 0. The Morgan fingerprint density at radius 2 is 1.61 bits per heavy atom. The molecule has 0 N–H and O–H groups in total. The van der Waals surface area contributed by atoms with Gasteiger partial charge in [0.25, 0.3) is 5.69 Å². The molecule has 2 aromatic rings. The van der Waals surface area contributed by atoms with Crippen LogP contribution < -0.4 is 4.90 Å². The van der Waals surface area contributed by atoms with Crippen LogP contribution in [0.25, 0.3) is 0 Å². The molecule has 1 heterocycles. The van der Waals surface area contributed by atoms with Crippen molar-refractivity contribution < 1.29 is 14.5 Å². The lowest BCUT2D eigenvalue weighted by Crippen LogP contribution is -2.43. The molecular weight excluding hydrogens is 392 g/mol. The summed E-state index contributed by atoms with van der Waals surface area (Å²) in [5.41, 5.74) is 4.87. The summed E-state index contributed by atoms with van der Waals surface area (Å²) in [6.07, 6.45) is 1.20. The lowest BCUT2D eigenvalue weighted by molar-refractivity contribution is -0.384. The Kier molecular flexibility index (Phi) is 5.04. The topological polar surface area (TPSA) is 80.5 Å². The SMILES string of the molecule is Cc1cc(C)cc(N2C(=O)CC(c3ccc([N+](=O)[O-])cc3)C3=C2CC(C)(C)CC3=O)c1. The molecule has 1 atom stereocenters. The van der Waals surface area contributed by atoms with Crippen molar-refractivity contribution in [3.8, 4) is 0 Å². The highest BCUT2D eigenvalue weighted by molar-refractivity contribution is 6.07. The number of ketones is 1. The van der Waals surface area contributed by atoms with Crippen LogP contribution in [0.15, 0.2) is 53.7 Å². The average Bonchev–Trinajstić information content (AvgIpc) is 2.65. The van der Waals surface area contributed by atoms with Crippen LogP contribution in [0.3, 0.4) is 0 Å². The number of nitro benzene ring substituents is 1. The highest BCUT2D eigenvalue weighted by Crippen LogP contribution is 2.48. The molecule has 0 spiro atoms. The number of nitro groups is 1. The molecule has 1 aliphatic carbocycles. The van der Waals surface area contributed by atoms with E-state index in [0.29, 0.717) is 18.4 Å². The standard InChI is InChI=1S/C25H26N2O4/c1-15-9-16(2)11-19(10-15)26-21-13-25(3,4)14-22(28)24(21)20(12-23(26)29)17-5-7-18(8-6-17)27(30)31/h5-11,20H,12-14H2,1-4H3. The summed E-state index contributed by atoms with van der Waals surface area (Å²) in [6, 6.07) is 12.2. The molecule has 2 aliphatic rings. The van der Waals surface area contributed by atoms with E-state index < -0.39 is 4.92 Å². The second-order valence-corrected chi connectivity index (χ2v) is 9.48. The number of allylic oxidation sites excluding steroid dienone is 2. The first-order valence-corrected chi connectivity index (χ1v) is 10.5. The highest BCUT2D eigenvalue weighted by Gasteiger charge is 2.44. The molecule has 0 aromatic heterocycles. The summed E-state index contributed by atoms with van der Waals surface area (Å²) in [5.74, 6) is -0.386. The van der Waals surface area contributed by atoms with Gasteiger partial charge in [-0.1, -0.05) is 32.0 Å². The third-order valence-electron chi connectivity index (χ3n) is 6.11. The van der Waals surface area contributed by atoms with Crippen LogP contribution in [0.2, 0.25) is 0 Å². The summed E-state index contributed by atoms with van der Waals surface area (Å²) < 4.78 is 0. The predicted octanol–water partition coefficient (Wildman–Crippen LogP) is 5.38. The van der Waals surface area contributed by atoms with Gasteiger partial charge in [0, 0.05) is 47.8 Å². The molecule has 1 amide bonds. The fourth-order valence-corrected chi connectivity index (χ4v) is 4.91. The second-order valence-electron chi connectivity index (χ2n) is 9.48. The van der Waals surface area contributed by atoms with Gasteiger partial charge in [0.2, 0.25) is 5.91 Å². The quantitative estimate of drug-likeness (QED) is 0.495. The zero-order valence-electron chi connectivity index (χ0n) is 18.3. The Labute approximate surface area is 181 Å². The molecule has 0 bridgehead atoms. The third kappa shape index (κ3) is 3.90. The number of aryl methyl sites for hydroxylation is 2. The van der Waals surface area contributed by atoms with Crippen molar-refractivity contribution >= 4 is 23.1 Å². The number of hydrogen-bond acceptors (Lipinski definition) is 4. The summed E-state index contributed by atoms with van der Waals surface area (Å²) in [6.45, 7) is 8.09. The van der Waals surface area contributed by atoms with Crippen molar-refractivity contribution in [2.24, 2.45) is 5.41 Å². The van der Waals surface area contributed by atoms with E-state index in [2.05, 4.69) is 6.07 Å². The Balaban J connectivity index is 1.88. The second kappa shape index (κ2) is 7.45. The van der Waals surface area contributed by atoms with Gasteiger partial charge in [-0.15, -0.1) is 0 Å². The summed E-state index contributed by atoms with van der Waals surface area (Å²) >= 11 is 0. The van der Waals surface area contributed by atoms with E-state index in [1.54, 1.807) is 17.0 Å². The number of anilines is 1. The number of nitrogens with zero attached hydrogens (tertiary/aromatic N) is 2. The molecule has 0 radical (unpaired) electrons. The predicted molar refractivity (Wildman–Crippen MR) is 119 cm³/mol. The van der Waals surface area contributed by atoms with Gasteiger partial charge in [-0.3, -0.25) is 24.6 Å². The van der Waals surface area contributed by atoms with Gasteiger partial charge >= 0.3 is 0 Å². The van der Waals surface area contributed by atoms with Crippen LogP contribution in [0.4, 0.5) is 11.4 Å². The van der Waals surface area contributed by atoms with Gasteiger partial charge in [-0.2, -0.15) is 0 Å². The molecule has 6 heteroatoms. The van der Waals surface area contributed by atoms with Crippen molar-refractivity contribution in [1.29, 1.82) is 0 Å². The minimum Gasteiger partial charge on any atom is -0.294 e. The number of Topliss-reactive ketones (excluding diaryl/α,β-unsaturated/α-hetero) is 1. The summed E-state index contributed by atoms with van der Waals surface area (Å²) in [4.78, 5) is 39.1. The van der Waals surface area contributed by atoms with Crippen molar-refractivity contribution in [2.45, 2.75) is 52.9 Å². The zero-order chi connectivity index (χ0) is 22.5. The van der Waals surface area contributed by atoms with Crippen molar-refractivity contribution in [1.82, 2.24) is 0 Å². The molecule has 1 aliphatic heterocycles. The lowest BCUT2D eigenvalue weighted by atomic mass is 9.69. The molecule has 31 heavy (non-hydrogen) atoms. The Morgan fingerprint density at radius 3 is 2.19 bits per heavy atom. The van der Waals surface area contributed by atoms with E-state index in [1.165, 1.54) is 12.1 Å². The first kappa shape index (κ1) is 21.0. The number of rotatable bonds is 3. The van der Waals surface area contributed by atoms with Crippen molar-refractivity contribution in [3.05, 3.63) is 80.5 Å². The van der Waals surface area contributed by atoms with E-state index in [-0.39, 0.29) is 35.1 Å². The van der Waals surface area contributed by atoms with Crippen LogP contribution in [0.5, 0.6) is 0 Å². The first-order chi connectivity index (χ1) is 14.6. The van der Waals surface area contributed by atoms with E-state index in [0.717, 1.165) is 28.1 Å². The van der Waals surface area contributed by atoms with Gasteiger partial charge in [-0.25, -0.2) is 0 Å². The summed E-state index contributed by atoms with van der Waals surface area (Å²) in [5, 5.41) is 11.0. The van der Waals surface area contributed by atoms with E-state index in [1.807, 2.05) is 39.8 Å². The largest absolute Gasteiger partial charge is 0.294 e. The Hall–Kier alpha value is -3.28. The molecule has 2 aromatic carbocycles. The third-order valence-corrected chi connectivity index (χ3v) is 6.11. The molecule has 0 saturated carbocycles. The maximum atomic E-state index is 13.4. The minimum atomic E-state index is -0.448. The van der Waals surface area contributed by atoms with Crippen LogP contribution in [0, 0.1) is 29.4 Å². The van der Waals surface area contributed by atoms with Crippen LogP contribution in [-0.2, 0) is 9.59 Å². The number of non-ortho nitro benzene ring substituents is 1. The maximum absolute atomic E-state index is 13.4. The maximum Gasteiger partial charge on any atom is 0.269 e. The molecular formula is C25H26N2O4. The van der Waals surface area contributed by atoms with Gasteiger partial charge in [0.1, 0.15) is 0 Å². The van der Waals surface area contributed by atoms with E-state index in [9.17, 15) is 19.7 Å². The van der Waals surface area contributed by atoms with E-state index >= 15 is 0 Å². The number of carbonyl (C=O) groups is 2. The molecule has 1 unspecified atom stereocenters. The van der Waals surface area contributed by atoms with Crippen LogP contribution in [0.1, 0.15) is 55.7 Å². The zero-order valence-corrected chi connectivity index (χ0v) is 18.3. The molecule has 6 nitrogen and oxygen atoms in total. The van der Waals surface area contributed by atoms with Crippen LogP contribution >= 0.6 is 0 Å². The Morgan fingerprint density at radius 1 is 1.00 bits per heavy atom. The minimum absolute atomic E-state index is 0.00643. The lowest BCUT2D eigenvalue weighted by Gasteiger charge is -2.43. The van der Waals surface area contributed by atoms with Gasteiger partial charge in [-0.05, 0) is 54.5 Å². The van der Waals surface area contributed by atoms with Gasteiger partial charge in [0.15, 0.2) is 5.78 Å². The number of carbonyl (C=O) groups excluding carboxylic acids is 2. The van der Waals surface area contributed by atoms with Crippen LogP contribution in [-0.4, -0.2) is 16.6 Å².